The Balaban J connectivity index is 0.000000234. The Bertz CT molecular complexity index is 2240. The summed E-state index contributed by atoms with van der Waals surface area (Å²) in [6.07, 6.45) is 3.53. The number of nitrogen functional groups attached to an aromatic ring is 2. The first-order valence-electron chi connectivity index (χ1n) is 18.2. The van der Waals surface area contributed by atoms with Crippen LogP contribution in [0.25, 0.3) is 0 Å². The fraction of sp³-hybridized carbons (Fsp3) is 0.412. The Labute approximate surface area is 421 Å². The van der Waals surface area contributed by atoms with Crippen molar-refractivity contribution in [2.24, 2.45) is 22.1 Å². The average molecular weight is 979 g/mol. The number of rotatable bonds is 16. The van der Waals surface area contributed by atoms with Crippen LogP contribution in [0.3, 0.4) is 0 Å². The number of thioether (sulfide) groups is 2. The number of carboxylic acid groups (broad SMARTS) is 4. The molecule has 0 spiro atoms. The summed E-state index contributed by atoms with van der Waals surface area (Å²) in [5, 5.41) is 54.8. The zero-order chi connectivity index (χ0) is 44.6. The molecule has 2 saturated carbocycles. The summed E-state index contributed by atoms with van der Waals surface area (Å²) >= 11 is 4.79. The first-order valence-corrected chi connectivity index (χ1v) is 22.1. The number of aliphatic carboxylic acids is 4. The van der Waals surface area contributed by atoms with Crippen LogP contribution in [-0.2, 0) is 48.0 Å². The maximum atomic E-state index is 12.8. The molecule has 2 aromatic heterocycles. The number of anilines is 2. The van der Waals surface area contributed by atoms with E-state index < -0.39 is 83.6 Å². The Morgan fingerprint density at radius 3 is 1.34 bits per heavy atom. The largest absolute Gasteiger partial charge is 1.00 e. The first-order chi connectivity index (χ1) is 29.5. The van der Waals surface area contributed by atoms with Crippen LogP contribution in [0, 0.1) is 11.8 Å². The van der Waals surface area contributed by atoms with Gasteiger partial charge < -0.3 is 61.8 Å². The summed E-state index contributed by atoms with van der Waals surface area (Å²) in [4.78, 5) is 115. The number of carbonyl (C=O) groups is 8. The number of carboxylic acids is 4. The first kappa shape index (κ1) is 50.7. The number of thiazole rings is 2. The zero-order valence-electron chi connectivity index (χ0n) is 33.5. The summed E-state index contributed by atoms with van der Waals surface area (Å²) in [5.41, 5.74) is 11.8. The van der Waals surface area contributed by atoms with Gasteiger partial charge in [-0.05, 0) is 48.7 Å². The SMILES string of the molecule is Nc1nc(/C(=N/OCC(=O)O)C(=O)N[C@@H]2C(=O)N3C(C(=O)[O-])=C(C4CC4)CS[C@H]23)cs1.Nc1nc(/C(=N/OCC(=O)O)C(=O)N[C@@H]2C(=O)N3C(C(=O)[O-])=C(C4CC4)CS[C@H]23)cs1.[Na+].[Na+]. The van der Waals surface area contributed by atoms with Gasteiger partial charge >= 0.3 is 71.1 Å². The topological polar surface area (TPSA) is 375 Å². The molecule has 328 valence electrons. The molecule has 2 aromatic rings. The van der Waals surface area contributed by atoms with Crippen molar-refractivity contribution in [3.8, 4) is 0 Å². The molecule has 0 aromatic carbocycles. The molecule has 24 nitrogen and oxygen atoms in total. The molecule has 64 heavy (non-hydrogen) atoms. The minimum absolute atomic E-state index is 0. The number of nitrogens with one attached hydrogen (secondary N) is 2. The van der Waals surface area contributed by atoms with Gasteiger partial charge in [0.2, 0.25) is 13.2 Å². The predicted molar refractivity (Wildman–Crippen MR) is 213 cm³/mol. The van der Waals surface area contributed by atoms with Crippen molar-refractivity contribution < 1.29 is 128 Å². The maximum absolute atomic E-state index is 12.8. The monoisotopic (exact) mass is 978 g/mol. The number of nitrogens with zero attached hydrogens (tertiary/aromatic N) is 6. The van der Waals surface area contributed by atoms with Gasteiger partial charge in [0.05, 0.1) is 23.3 Å². The van der Waals surface area contributed by atoms with E-state index in [1.807, 2.05) is 0 Å². The number of nitrogens with two attached hydrogens (primary N) is 2. The van der Waals surface area contributed by atoms with Crippen LogP contribution in [-0.4, -0.2) is 136 Å². The van der Waals surface area contributed by atoms with Crippen LogP contribution in [0.1, 0.15) is 37.1 Å². The molecule has 4 aliphatic heterocycles. The van der Waals surface area contributed by atoms with E-state index in [9.17, 15) is 48.6 Å². The Hall–Kier alpha value is -4.26. The van der Waals surface area contributed by atoms with E-state index in [1.165, 1.54) is 34.3 Å². The summed E-state index contributed by atoms with van der Waals surface area (Å²) in [5.74, 6) is -7.05. The summed E-state index contributed by atoms with van der Waals surface area (Å²) in [6, 6.07) is -1.98. The molecule has 6 heterocycles. The number of carbonyl (C=O) groups excluding carboxylic acids is 6. The summed E-state index contributed by atoms with van der Waals surface area (Å²) in [6.45, 7) is -1.57. The molecule has 4 amide bonds. The van der Waals surface area contributed by atoms with Crippen molar-refractivity contribution in [1.82, 2.24) is 30.4 Å². The van der Waals surface area contributed by atoms with Gasteiger partial charge in [-0.25, -0.2) is 19.6 Å². The van der Waals surface area contributed by atoms with Gasteiger partial charge in [-0.2, -0.15) is 0 Å². The second kappa shape index (κ2) is 21.4. The predicted octanol–water partition coefficient (Wildman–Crippen LogP) is -9.30. The van der Waals surface area contributed by atoms with Crippen molar-refractivity contribution in [2.45, 2.75) is 48.5 Å². The van der Waals surface area contributed by atoms with Gasteiger partial charge in [0.1, 0.15) is 34.2 Å². The molecule has 30 heteroatoms. The second-order valence-corrected chi connectivity index (χ2v) is 17.9. The van der Waals surface area contributed by atoms with Crippen LogP contribution < -0.4 is 91.4 Å². The Morgan fingerprint density at radius 1 is 0.703 bits per heavy atom. The van der Waals surface area contributed by atoms with Crippen LogP contribution in [0.2, 0.25) is 0 Å². The molecule has 6 aliphatic rings. The molecule has 4 atom stereocenters. The van der Waals surface area contributed by atoms with Crippen molar-refractivity contribution in [3.63, 3.8) is 0 Å². The maximum Gasteiger partial charge on any atom is 1.00 e. The minimum atomic E-state index is -1.41. The summed E-state index contributed by atoms with van der Waals surface area (Å²) in [7, 11) is 0. The van der Waals surface area contributed by atoms with E-state index in [-0.39, 0.29) is 115 Å². The molecule has 2 saturated heterocycles. The van der Waals surface area contributed by atoms with E-state index in [0.29, 0.717) is 22.7 Å². The minimum Gasteiger partial charge on any atom is -0.543 e. The molecular formula is C34H32N10Na2O14S4. The quantitative estimate of drug-likeness (QED) is 0.0394. The van der Waals surface area contributed by atoms with Crippen molar-refractivity contribution in [2.75, 3.05) is 36.2 Å². The molecule has 0 bridgehead atoms. The van der Waals surface area contributed by atoms with Crippen LogP contribution >= 0.6 is 46.2 Å². The van der Waals surface area contributed by atoms with Crippen molar-refractivity contribution >= 4 is 115 Å². The zero-order valence-corrected chi connectivity index (χ0v) is 40.8. The van der Waals surface area contributed by atoms with Crippen molar-refractivity contribution in [3.05, 3.63) is 44.7 Å². The third kappa shape index (κ3) is 11.0. The number of fused-ring (bicyclic) bond motifs is 2. The standard InChI is InChI=1S/2C17H17N5O7S2.2Na/c2*18-17-19-8(5-31-17)10(21-29-3-9(23)24)13(25)20-11-14(26)22-12(16(27)28)7(6-1-2-6)4-30-15(11)22;;/h2*5-6,11,15H,1-4H2,(H2,18,19)(H,20,25)(H,23,24)(H,27,28);;/q;;2*+1/p-2/b2*21-10-;;/t2*11-,15-;;/m11../s1. The number of hydrogen-bond donors (Lipinski definition) is 6. The fourth-order valence-electron chi connectivity index (χ4n) is 6.68. The molecule has 4 fully saturated rings. The molecule has 0 unspecified atom stereocenters. The molecule has 0 radical (unpaired) electrons. The molecule has 2 aliphatic carbocycles. The fourth-order valence-corrected chi connectivity index (χ4v) is 10.7. The third-order valence-corrected chi connectivity index (χ3v) is 13.7. The Kier molecular flexibility index (Phi) is 16.9. The van der Waals surface area contributed by atoms with E-state index in [1.54, 1.807) is 0 Å². The third-order valence-electron chi connectivity index (χ3n) is 9.74. The number of aromatic nitrogens is 2. The van der Waals surface area contributed by atoms with Gasteiger partial charge in [-0.3, -0.25) is 29.0 Å². The number of oxime groups is 2. The second-order valence-electron chi connectivity index (χ2n) is 13.9. The van der Waals surface area contributed by atoms with Gasteiger partial charge in [-0.15, -0.1) is 46.2 Å². The number of hydrogen-bond acceptors (Lipinski definition) is 22. The van der Waals surface area contributed by atoms with Gasteiger partial charge in [0.25, 0.3) is 23.6 Å². The molecular weight excluding hydrogens is 947 g/mol. The smallest absolute Gasteiger partial charge is 0.543 e. The Morgan fingerprint density at radius 2 is 1.06 bits per heavy atom. The van der Waals surface area contributed by atoms with Crippen LogP contribution in [0.4, 0.5) is 10.3 Å². The van der Waals surface area contributed by atoms with E-state index in [2.05, 4.69) is 40.6 Å². The van der Waals surface area contributed by atoms with Crippen LogP contribution in [0.15, 0.2) is 43.6 Å². The van der Waals surface area contributed by atoms with Gasteiger partial charge in [0, 0.05) is 22.3 Å². The van der Waals surface area contributed by atoms with Gasteiger partial charge in [0.15, 0.2) is 21.7 Å². The van der Waals surface area contributed by atoms with Crippen molar-refractivity contribution in [1.29, 1.82) is 0 Å². The van der Waals surface area contributed by atoms with Gasteiger partial charge in [-0.1, -0.05) is 10.3 Å². The number of β-lactam (4-membered cyclic amide) rings is 2. The van der Waals surface area contributed by atoms with E-state index in [4.69, 9.17) is 21.7 Å². The van der Waals surface area contributed by atoms with E-state index >= 15 is 0 Å². The van der Waals surface area contributed by atoms with Crippen LogP contribution in [0.5, 0.6) is 0 Å². The normalized spacial score (nSPS) is 22.4. The number of amides is 4. The molecule has 8 N–H and O–H groups in total. The average Bonchev–Trinajstić information content (AvgIpc) is 4.17. The summed E-state index contributed by atoms with van der Waals surface area (Å²) < 4.78 is 0. The van der Waals surface area contributed by atoms with E-state index in [0.717, 1.165) is 58.2 Å². The molecule has 8 rings (SSSR count).